The number of esters is 1. The molecule has 0 radical (unpaired) electrons. The van der Waals surface area contributed by atoms with Crippen LogP contribution in [-0.4, -0.2) is 56.8 Å². The first-order valence-electron chi connectivity index (χ1n) is 8.91. The summed E-state index contributed by atoms with van der Waals surface area (Å²) >= 11 is 0. The highest BCUT2D eigenvalue weighted by Gasteiger charge is 2.22. The Morgan fingerprint density at radius 3 is 2.30 bits per heavy atom. The molecule has 1 aliphatic heterocycles. The fourth-order valence-electron chi connectivity index (χ4n) is 3.16. The van der Waals surface area contributed by atoms with E-state index in [1.807, 2.05) is 12.1 Å². The molecule has 142 valence electrons. The first-order chi connectivity index (χ1) is 13.0. The van der Waals surface area contributed by atoms with Crippen molar-refractivity contribution in [2.75, 3.05) is 50.1 Å². The lowest BCUT2D eigenvalue weighted by atomic mass is 10.2. The molecule has 2 aromatic rings. The molecule has 0 saturated carbocycles. The predicted molar refractivity (Wildman–Crippen MR) is 102 cm³/mol. The van der Waals surface area contributed by atoms with Gasteiger partial charge in [-0.2, -0.15) is 0 Å². The van der Waals surface area contributed by atoms with Gasteiger partial charge in [0.1, 0.15) is 5.75 Å². The molecule has 1 aliphatic rings. The minimum Gasteiger partial charge on any atom is -0.508 e. The van der Waals surface area contributed by atoms with Gasteiger partial charge in [-0.15, -0.1) is 0 Å². The van der Waals surface area contributed by atoms with Crippen molar-refractivity contribution in [1.29, 1.82) is 0 Å². The zero-order valence-electron chi connectivity index (χ0n) is 15.3. The van der Waals surface area contributed by atoms with Gasteiger partial charge in [0.15, 0.2) is 6.54 Å². The second-order valence-corrected chi connectivity index (χ2v) is 6.55. The van der Waals surface area contributed by atoms with E-state index in [1.165, 1.54) is 12.0 Å². The smallest absolute Gasteiger partial charge is 0.337 e. The van der Waals surface area contributed by atoms with Gasteiger partial charge in [-0.3, -0.25) is 4.79 Å². The molecule has 7 nitrogen and oxygen atoms in total. The monoisotopic (exact) mass is 370 g/mol. The van der Waals surface area contributed by atoms with Gasteiger partial charge in [-0.05, 0) is 48.5 Å². The molecular formula is C20H24N3O4+. The normalized spacial score (nSPS) is 14.6. The summed E-state index contributed by atoms with van der Waals surface area (Å²) in [4.78, 5) is 27.2. The Morgan fingerprint density at radius 2 is 1.70 bits per heavy atom. The molecule has 7 heteroatoms. The summed E-state index contributed by atoms with van der Waals surface area (Å²) in [6, 6.07) is 13.8. The summed E-state index contributed by atoms with van der Waals surface area (Å²) < 4.78 is 4.66. The number of hydrogen-bond donors (Lipinski definition) is 3. The van der Waals surface area contributed by atoms with Crippen LogP contribution in [0.4, 0.5) is 11.4 Å². The molecule has 0 aromatic heterocycles. The van der Waals surface area contributed by atoms with E-state index in [4.69, 9.17) is 0 Å². The van der Waals surface area contributed by atoms with E-state index in [1.54, 1.807) is 36.4 Å². The van der Waals surface area contributed by atoms with Gasteiger partial charge < -0.3 is 25.0 Å². The molecule has 0 unspecified atom stereocenters. The maximum Gasteiger partial charge on any atom is 0.337 e. The van der Waals surface area contributed by atoms with Gasteiger partial charge in [0, 0.05) is 11.4 Å². The van der Waals surface area contributed by atoms with Crippen LogP contribution in [0, 0.1) is 0 Å². The largest absolute Gasteiger partial charge is 0.508 e. The number of anilines is 2. The van der Waals surface area contributed by atoms with E-state index in [0.29, 0.717) is 17.8 Å². The fourth-order valence-corrected chi connectivity index (χ4v) is 3.16. The zero-order valence-corrected chi connectivity index (χ0v) is 15.3. The Hall–Kier alpha value is -3.06. The predicted octanol–water partition coefficient (Wildman–Crippen LogP) is 0.522. The number of aromatic hydroxyl groups is 1. The Kier molecular flexibility index (Phi) is 5.93. The highest BCUT2D eigenvalue weighted by Crippen LogP contribution is 2.18. The van der Waals surface area contributed by atoms with Crippen molar-refractivity contribution in [3.05, 3.63) is 54.1 Å². The minimum absolute atomic E-state index is 0.0473. The number of carbonyl (C=O) groups is 2. The summed E-state index contributed by atoms with van der Waals surface area (Å²) in [5.74, 6) is -0.183. The Bertz CT molecular complexity index is 782. The molecule has 0 aliphatic carbocycles. The van der Waals surface area contributed by atoms with Crippen LogP contribution >= 0.6 is 0 Å². The quantitative estimate of drug-likeness (QED) is 0.669. The van der Waals surface area contributed by atoms with Crippen molar-refractivity contribution in [1.82, 2.24) is 0 Å². The van der Waals surface area contributed by atoms with Crippen molar-refractivity contribution in [3.63, 3.8) is 0 Å². The Balaban J connectivity index is 1.46. The number of piperazine rings is 1. The topological polar surface area (TPSA) is 83.3 Å². The van der Waals surface area contributed by atoms with Crippen LogP contribution in [0.3, 0.4) is 0 Å². The number of carbonyl (C=O) groups excluding carboxylic acids is 2. The average Bonchev–Trinajstić information content (AvgIpc) is 2.69. The Morgan fingerprint density at radius 1 is 1.07 bits per heavy atom. The van der Waals surface area contributed by atoms with Gasteiger partial charge in [0.05, 0.1) is 38.9 Å². The maximum atomic E-state index is 12.3. The number of rotatable bonds is 5. The van der Waals surface area contributed by atoms with Crippen LogP contribution in [0.1, 0.15) is 10.4 Å². The molecule has 1 amide bonds. The number of phenols is 1. The lowest BCUT2D eigenvalue weighted by Gasteiger charge is -2.33. The number of nitrogens with one attached hydrogen (secondary N) is 2. The second kappa shape index (κ2) is 8.55. The molecule has 3 rings (SSSR count). The van der Waals surface area contributed by atoms with Crippen LogP contribution in [0.2, 0.25) is 0 Å². The maximum absolute atomic E-state index is 12.3. The van der Waals surface area contributed by atoms with Crippen molar-refractivity contribution < 1.29 is 24.3 Å². The number of quaternary nitrogens is 1. The third-order valence-electron chi connectivity index (χ3n) is 4.69. The summed E-state index contributed by atoms with van der Waals surface area (Å²) in [5.41, 5.74) is 2.20. The van der Waals surface area contributed by atoms with Crippen molar-refractivity contribution in [3.8, 4) is 5.75 Å². The molecular weight excluding hydrogens is 346 g/mol. The van der Waals surface area contributed by atoms with Crippen LogP contribution < -0.4 is 15.1 Å². The molecule has 3 N–H and O–H groups in total. The van der Waals surface area contributed by atoms with Crippen LogP contribution in [0.15, 0.2) is 48.5 Å². The third kappa shape index (κ3) is 4.98. The van der Waals surface area contributed by atoms with Gasteiger partial charge in [-0.1, -0.05) is 0 Å². The van der Waals surface area contributed by atoms with E-state index in [-0.39, 0.29) is 11.7 Å². The van der Waals surface area contributed by atoms with Crippen molar-refractivity contribution >= 4 is 23.3 Å². The number of methoxy groups -OCH3 is 1. The van der Waals surface area contributed by atoms with Gasteiger partial charge in [0.2, 0.25) is 0 Å². The van der Waals surface area contributed by atoms with E-state index in [9.17, 15) is 14.7 Å². The van der Waals surface area contributed by atoms with Gasteiger partial charge in [-0.25, -0.2) is 4.79 Å². The fraction of sp³-hybridized carbons (Fsp3) is 0.300. The van der Waals surface area contributed by atoms with E-state index in [2.05, 4.69) is 15.0 Å². The molecule has 1 fully saturated rings. The van der Waals surface area contributed by atoms with Crippen molar-refractivity contribution in [2.45, 2.75) is 0 Å². The first kappa shape index (κ1) is 18.7. The van der Waals surface area contributed by atoms with Crippen LogP contribution in [0.25, 0.3) is 0 Å². The summed E-state index contributed by atoms with van der Waals surface area (Å²) in [6.07, 6.45) is 0. The van der Waals surface area contributed by atoms with Gasteiger partial charge >= 0.3 is 5.97 Å². The van der Waals surface area contributed by atoms with E-state index >= 15 is 0 Å². The molecule has 0 spiro atoms. The van der Waals surface area contributed by atoms with Crippen LogP contribution in [-0.2, 0) is 9.53 Å². The summed E-state index contributed by atoms with van der Waals surface area (Å²) in [6.45, 7) is 3.87. The van der Waals surface area contributed by atoms with E-state index < -0.39 is 5.97 Å². The number of phenolic OH excluding ortho intramolecular Hbond substituents is 1. The summed E-state index contributed by atoms with van der Waals surface area (Å²) in [5, 5.41) is 12.3. The number of hydrogen-bond acceptors (Lipinski definition) is 5. The van der Waals surface area contributed by atoms with Crippen LogP contribution in [0.5, 0.6) is 5.75 Å². The molecule has 2 aromatic carbocycles. The van der Waals surface area contributed by atoms with Gasteiger partial charge in [0.25, 0.3) is 5.91 Å². The number of benzene rings is 2. The van der Waals surface area contributed by atoms with Crippen molar-refractivity contribution in [2.24, 2.45) is 0 Å². The minimum atomic E-state index is -0.399. The zero-order chi connectivity index (χ0) is 19.2. The molecule has 1 heterocycles. The standard InChI is InChI=1S/C20H23N3O4/c1-27-20(26)15-2-4-16(5-3-15)21-19(25)14-22-10-12-23(13-11-22)17-6-8-18(24)9-7-17/h2-9,24H,10-14H2,1H3,(H,21,25)/p+1. The molecule has 0 bridgehead atoms. The SMILES string of the molecule is COC(=O)c1ccc(NC(=O)C[NH+]2CCN(c3ccc(O)cc3)CC2)cc1. The lowest BCUT2D eigenvalue weighted by Crippen LogP contribution is -3.15. The number of ether oxygens (including phenoxy) is 1. The Labute approximate surface area is 158 Å². The number of nitrogens with zero attached hydrogens (tertiary/aromatic N) is 1. The molecule has 27 heavy (non-hydrogen) atoms. The first-order valence-corrected chi connectivity index (χ1v) is 8.91. The number of amides is 1. The molecule has 1 saturated heterocycles. The highest BCUT2D eigenvalue weighted by molar-refractivity contribution is 5.93. The highest BCUT2D eigenvalue weighted by atomic mass is 16.5. The summed E-state index contributed by atoms with van der Waals surface area (Å²) in [7, 11) is 1.34. The van der Waals surface area contributed by atoms with E-state index in [0.717, 1.165) is 31.9 Å². The molecule has 0 atom stereocenters. The third-order valence-corrected chi connectivity index (χ3v) is 4.69. The lowest BCUT2D eigenvalue weighted by molar-refractivity contribution is -0.892. The average molecular weight is 370 g/mol. The second-order valence-electron chi connectivity index (χ2n) is 6.55.